The molecule has 60 valence electrons. The Kier molecular flexibility index (Phi) is 1.86. The molecule has 0 radical (unpaired) electrons. The van der Waals surface area contributed by atoms with Gasteiger partial charge in [0, 0.05) is 18.6 Å². The topological polar surface area (TPSA) is 34.5 Å². The molecule has 1 aliphatic heterocycles. The number of nitrogens with zero attached hydrogens (tertiary/aromatic N) is 2. The van der Waals surface area contributed by atoms with E-state index in [2.05, 4.69) is 9.98 Å². The van der Waals surface area contributed by atoms with Crippen LogP contribution in [0.25, 0.3) is 0 Å². The summed E-state index contributed by atoms with van der Waals surface area (Å²) in [5.74, 6) is 0.644. The van der Waals surface area contributed by atoms with E-state index in [0.29, 0.717) is 12.5 Å². The number of fused-ring (bicyclic) bond motifs is 1. The molecule has 3 heteroatoms. The molecule has 0 bridgehead atoms. The van der Waals surface area contributed by atoms with Gasteiger partial charge in [0.1, 0.15) is 6.61 Å². The highest BCUT2D eigenvalue weighted by Crippen LogP contribution is 2.12. The van der Waals surface area contributed by atoms with E-state index in [1.807, 2.05) is 18.2 Å². The van der Waals surface area contributed by atoms with Gasteiger partial charge in [0.15, 0.2) is 0 Å². The Morgan fingerprint density at radius 3 is 3.42 bits per heavy atom. The molecule has 1 aromatic heterocycles. The van der Waals surface area contributed by atoms with Gasteiger partial charge in [-0.1, -0.05) is 0 Å². The third-order valence-electron chi connectivity index (χ3n) is 1.52. The Labute approximate surface area is 70.4 Å². The van der Waals surface area contributed by atoms with E-state index in [-0.39, 0.29) is 0 Å². The molecule has 0 saturated heterocycles. The van der Waals surface area contributed by atoms with Crippen molar-refractivity contribution in [2.75, 3.05) is 6.61 Å². The van der Waals surface area contributed by atoms with Crippen LogP contribution in [0.4, 0.5) is 0 Å². The molecule has 2 heterocycles. The van der Waals surface area contributed by atoms with Gasteiger partial charge in [-0.05, 0) is 18.2 Å². The second-order valence-electron chi connectivity index (χ2n) is 2.37. The van der Waals surface area contributed by atoms with E-state index in [9.17, 15) is 0 Å². The van der Waals surface area contributed by atoms with Gasteiger partial charge in [0.05, 0.1) is 5.56 Å². The predicted octanol–water partition coefficient (Wildman–Crippen LogP) is 1.41. The molecule has 12 heavy (non-hydrogen) atoms. The highest BCUT2D eigenvalue weighted by molar-refractivity contribution is 5.82. The Bertz CT molecular complexity index is 331. The maximum absolute atomic E-state index is 5.34. The molecule has 0 spiro atoms. The summed E-state index contributed by atoms with van der Waals surface area (Å²) in [6.45, 7) is 0.529. The zero-order valence-corrected chi connectivity index (χ0v) is 6.47. The Morgan fingerprint density at radius 1 is 1.42 bits per heavy atom. The molecule has 2 rings (SSSR count). The van der Waals surface area contributed by atoms with Gasteiger partial charge in [-0.25, -0.2) is 4.98 Å². The van der Waals surface area contributed by atoms with Gasteiger partial charge in [0.2, 0.25) is 5.88 Å². The fraction of sp³-hybridized carbons (Fsp3) is 0.111. The van der Waals surface area contributed by atoms with Crippen molar-refractivity contribution >= 4 is 6.21 Å². The number of ether oxygens (including phenoxy) is 1. The molecule has 0 unspecified atom stereocenters. The summed E-state index contributed by atoms with van der Waals surface area (Å²) in [7, 11) is 0. The van der Waals surface area contributed by atoms with Gasteiger partial charge in [-0.15, -0.1) is 0 Å². The number of aromatic nitrogens is 1. The first-order valence-corrected chi connectivity index (χ1v) is 3.73. The molecule has 0 N–H and O–H groups in total. The quantitative estimate of drug-likeness (QED) is 0.575. The third kappa shape index (κ3) is 1.34. The monoisotopic (exact) mass is 160 g/mol. The molecule has 0 atom stereocenters. The van der Waals surface area contributed by atoms with Crippen molar-refractivity contribution in [2.24, 2.45) is 4.99 Å². The Morgan fingerprint density at radius 2 is 2.42 bits per heavy atom. The Hall–Kier alpha value is -1.64. The van der Waals surface area contributed by atoms with Crippen molar-refractivity contribution in [1.82, 2.24) is 4.98 Å². The van der Waals surface area contributed by atoms with Gasteiger partial charge in [0.25, 0.3) is 0 Å². The molecule has 0 fully saturated rings. The Balaban J connectivity index is 2.43. The third-order valence-corrected chi connectivity index (χ3v) is 1.52. The zero-order chi connectivity index (χ0) is 8.23. The minimum Gasteiger partial charge on any atom is -0.473 e. The van der Waals surface area contributed by atoms with E-state index in [0.717, 1.165) is 5.56 Å². The summed E-state index contributed by atoms with van der Waals surface area (Å²) in [5, 5.41) is 0. The summed E-state index contributed by atoms with van der Waals surface area (Å²) in [4.78, 5) is 8.12. The number of hydrogen-bond acceptors (Lipinski definition) is 3. The summed E-state index contributed by atoms with van der Waals surface area (Å²) in [6.07, 6.45) is 7.00. The van der Waals surface area contributed by atoms with Crippen LogP contribution in [0.1, 0.15) is 5.56 Å². The number of hydrogen-bond donors (Lipinski definition) is 0. The number of aliphatic imine (C=N–C) groups is 1. The molecule has 3 nitrogen and oxygen atoms in total. The van der Waals surface area contributed by atoms with Crippen molar-refractivity contribution < 1.29 is 4.74 Å². The standard InChI is InChI=1S/C9H8N2O/c1-3-8-7-10-4-2-6-12-9(8)11-5-1/h1-5,7H,6H2/b4-2-,10-7?. The normalized spacial score (nSPS) is 17.0. The maximum atomic E-state index is 5.34. The lowest BCUT2D eigenvalue weighted by molar-refractivity contribution is 0.347. The first kappa shape index (κ1) is 7.03. The van der Waals surface area contributed by atoms with Crippen molar-refractivity contribution in [2.45, 2.75) is 0 Å². The molecular weight excluding hydrogens is 152 g/mol. The van der Waals surface area contributed by atoms with Crippen molar-refractivity contribution in [1.29, 1.82) is 0 Å². The molecule has 1 aliphatic rings. The van der Waals surface area contributed by atoms with E-state index in [1.165, 1.54) is 0 Å². The largest absolute Gasteiger partial charge is 0.473 e. The molecule has 1 aromatic rings. The van der Waals surface area contributed by atoms with Gasteiger partial charge >= 0.3 is 0 Å². The highest BCUT2D eigenvalue weighted by atomic mass is 16.5. The molecular formula is C9H8N2O. The van der Waals surface area contributed by atoms with Crippen LogP contribution in [0.15, 0.2) is 35.6 Å². The van der Waals surface area contributed by atoms with Crippen LogP contribution >= 0.6 is 0 Å². The zero-order valence-electron chi connectivity index (χ0n) is 6.47. The van der Waals surface area contributed by atoms with Crippen molar-refractivity contribution in [3.63, 3.8) is 0 Å². The van der Waals surface area contributed by atoms with Crippen LogP contribution < -0.4 is 4.74 Å². The van der Waals surface area contributed by atoms with Crippen molar-refractivity contribution in [3.05, 3.63) is 36.2 Å². The summed E-state index contributed by atoms with van der Waals surface area (Å²) in [5.41, 5.74) is 0.918. The van der Waals surface area contributed by atoms with E-state index >= 15 is 0 Å². The van der Waals surface area contributed by atoms with Crippen LogP contribution in [0.3, 0.4) is 0 Å². The lowest BCUT2D eigenvalue weighted by Crippen LogP contribution is -2.00. The second-order valence-corrected chi connectivity index (χ2v) is 2.37. The highest BCUT2D eigenvalue weighted by Gasteiger charge is 2.01. The molecule has 0 saturated carbocycles. The van der Waals surface area contributed by atoms with Crippen LogP contribution in [0, 0.1) is 0 Å². The van der Waals surface area contributed by atoms with E-state index < -0.39 is 0 Å². The average Bonchev–Trinajstić information content (AvgIpc) is 2.06. The average molecular weight is 160 g/mol. The first-order valence-electron chi connectivity index (χ1n) is 3.73. The first-order chi connectivity index (χ1) is 5.97. The maximum Gasteiger partial charge on any atom is 0.222 e. The minimum absolute atomic E-state index is 0.529. The summed E-state index contributed by atoms with van der Waals surface area (Å²) in [6, 6.07) is 3.78. The molecule has 0 aliphatic carbocycles. The second kappa shape index (κ2) is 3.17. The lowest BCUT2D eigenvalue weighted by Gasteiger charge is -2.05. The van der Waals surface area contributed by atoms with E-state index in [4.69, 9.17) is 4.74 Å². The van der Waals surface area contributed by atoms with Gasteiger partial charge in [-0.2, -0.15) is 0 Å². The predicted molar refractivity (Wildman–Crippen MR) is 46.5 cm³/mol. The lowest BCUT2D eigenvalue weighted by atomic mass is 10.3. The van der Waals surface area contributed by atoms with Gasteiger partial charge in [-0.3, -0.25) is 4.99 Å². The fourth-order valence-corrected chi connectivity index (χ4v) is 0.976. The van der Waals surface area contributed by atoms with Crippen LogP contribution in [-0.2, 0) is 0 Å². The van der Waals surface area contributed by atoms with Crippen LogP contribution in [0.2, 0.25) is 0 Å². The number of pyridine rings is 1. The molecule has 0 amide bonds. The van der Waals surface area contributed by atoms with Gasteiger partial charge < -0.3 is 4.74 Å². The molecule has 0 aromatic carbocycles. The SMILES string of the molecule is C1=N/C=C\COc2ncccc21. The number of rotatable bonds is 0. The minimum atomic E-state index is 0.529. The summed E-state index contributed by atoms with van der Waals surface area (Å²) < 4.78 is 5.34. The van der Waals surface area contributed by atoms with Crippen LogP contribution in [-0.4, -0.2) is 17.8 Å². The van der Waals surface area contributed by atoms with E-state index in [1.54, 1.807) is 18.6 Å². The smallest absolute Gasteiger partial charge is 0.222 e. The summed E-state index contributed by atoms with van der Waals surface area (Å²) >= 11 is 0. The van der Waals surface area contributed by atoms with Crippen molar-refractivity contribution in [3.8, 4) is 5.88 Å². The van der Waals surface area contributed by atoms with Crippen LogP contribution in [0.5, 0.6) is 5.88 Å². The fourth-order valence-electron chi connectivity index (χ4n) is 0.976.